The Labute approximate surface area is 104 Å². The number of ether oxygens (including phenoxy) is 1. The van der Waals surface area contributed by atoms with Crippen molar-refractivity contribution in [1.29, 1.82) is 0 Å². The highest BCUT2D eigenvalue weighted by molar-refractivity contribution is 5.48. The van der Waals surface area contributed by atoms with E-state index in [0.717, 1.165) is 0 Å². The lowest BCUT2D eigenvalue weighted by atomic mass is 10.3. The Morgan fingerprint density at radius 2 is 2.06 bits per heavy atom. The molecule has 0 aromatic carbocycles. The molecular formula is C11H15N5O2. The zero-order valence-corrected chi connectivity index (χ0v) is 10.3. The van der Waals surface area contributed by atoms with Gasteiger partial charge in [0.05, 0.1) is 24.3 Å². The first-order chi connectivity index (χ1) is 8.66. The van der Waals surface area contributed by atoms with Gasteiger partial charge in [-0.3, -0.25) is 0 Å². The van der Waals surface area contributed by atoms with Gasteiger partial charge in [-0.25, -0.2) is 9.97 Å². The first kappa shape index (κ1) is 12.6. The minimum atomic E-state index is -0.408. The fourth-order valence-electron chi connectivity index (χ4n) is 1.28. The zero-order chi connectivity index (χ0) is 13.0. The van der Waals surface area contributed by atoms with Crippen LogP contribution in [0.5, 0.6) is 0 Å². The molecule has 0 saturated heterocycles. The highest BCUT2D eigenvalue weighted by atomic mass is 16.5. The van der Waals surface area contributed by atoms with Crippen LogP contribution in [0.25, 0.3) is 11.5 Å². The fraction of sp³-hybridized carbons (Fsp3) is 0.455. The van der Waals surface area contributed by atoms with Gasteiger partial charge in [-0.1, -0.05) is 5.16 Å². The minimum absolute atomic E-state index is 0.116. The van der Waals surface area contributed by atoms with E-state index < -0.39 is 6.04 Å². The molecule has 0 aliphatic rings. The predicted octanol–water partition coefficient (Wildman–Crippen LogP) is 0.951. The number of nitrogens with two attached hydrogens (primary N) is 1. The lowest BCUT2D eigenvalue weighted by Gasteiger charge is -2.10. The van der Waals surface area contributed by atoms with Crippen LogP contribution in [-0.4, -0.2) is 32.8 Å². The summed E-state index contributed by atoms with van der Waals surface area (Å²) in [5.41, 5.74) is 6.55. The SMILES string of the molecule is CC(C)OCC(N)c1noc(-c2cncnc2)n1. The lowest BCUT2D eigenvalue weighted by Crippen LogP contribution is -2.20. The first-order valence-electron chi connectivity index (χ1n) is 5.63. The lowest BCUT2D eigenvalue weighted by molar-refractivity contribution is 0.0665. The molecule has 0 aliphatic heterocycles. The van der Waals surface area contributed by atoms with Gasteiger partial charge in [0.2, 0.25) is 0 Å². The smallest absolute Gasteiger partial charge is 0.261 e. The number of rotatable bonds is 5. The van der Waals surface area contributed by atoms with E-state index in [1.165, 1.54) is 6.33 Å². The van der Waals surface area contributed by atoms with Crippen molar-refractivity contribution in [3.05, 3.63) is 24.5 Å². The quantitative estimate of drug-likeness (QED) is 0.841. The molecule has 2 rings (SSSR count). The molecular weight excluding hydrogens is 234 g/mol. The Balaban J connectivity index is 2.06. The number of nitrogens with zero attached hydrogens (tertiary/aromatic N) is 4. The topological polar surface area (TPSA) is 100.0 Å². The summed E-state index contributed by atoms with van der Waals surface area (Å²) in [5, 5.41) is 3.82. The second-order valence-corrected chi connectivity index (χ2v) is 4.07. The largest absolute Gasteiger partial charge is 0.377 e. The average Bonchev–Trinajstić information content (AvgIpc) is 2.86. The van der Waals surface area contributed by atoms with Gasteiger partial charge < -0.3 is 15.0 Å². The third kappa shape index (κ3) is 3.08. The van der Waals surface area contributed by atoms with Crippen LogP contribution in [0.4, 0.5) is 0 Å². The molecule has 2 heterocycles. The van der Waals surface area contributed by atoms with Gasteiger partial charge in [-0.15, -0.1) is 0 Å². The van der Waals surface area contributed by atoms with Crippen molar-refractivity contribution in [2.45, 2.75) is 26.0 Å². The molecule has 18 heavy (non-hydrogen) atoms. The van der Waals surface area contributed by atoms with Gasteiger partial charge in [-0.2, -0.15) is 4.98 Å². The van der Waals surface area contributed by atoms with E-state index in [0.29, 0.717) is 23.9 Å². The third-order valence-corrected chi connectivity index (χ3v) is 2.19. The summed E-state index contributed by atoms with van der Waals surface area (Å²) in [4.78, 5) is 12.0. The van der Waals surface area contributed by atoms with Gasteiger partial charge in [-0.05, 0) is 13.8 Å². The second kappa shape index (κ2) is 5.65. The average molecular weight is 249 g/mol. The molecule has 0 aliphatic carbocycles. The summed E-state index contributed by atoms with van der Waals surface area (Å²) in [6.07, 6.45) is 4.74. The van der Waals surface area contributed by atoms with Crippen molar-refractivity contribution < 1.29 is 9.26 Å². The maximum Gasteiger partial charge on any atom is 0.261 e. The van der Waals surface area contributed by atoms with Crippen LogP contribution in [-0.2, 0) is 4.74 Å². The second-order valence-electron chi connectivity index (χ2n) is 4.07. The van der Waals surface area contributed by atoms with E-state index in [9.17, 15) is 0 Å². The van der Waals surface area contributed by atoms with Crippen molar-refractivity contribution in [3.63, 3.8) is 0 Å². The molecule has 0 fully saturated rings. The van der Waals surface area contributed by atoms with Crippen molar-refractivity contribution >= 4 is 0 Å². The molecule has 2 N–H and O–H groups in total. The highest BCUT2D eigenvalue weighted by Gasteiger charge is 2.16. The first-order valence-corrected chi connectivity index (χ1v) is 5.63. The molecule has 0 bridgehead atoms. The van der Waals surface area contributed by atoms with Crippen LogP contribution in [0, 0.1) is 0 Å². The van der Waals surface area contributed by atoms with Crippen LogP contribution in [0.2, 0.25) is 0 Å². The predicted molar refractivity (Wildman–Crippen MR) is 63.3 cm³/mol. The van der Waals surface area contributed by atoms with Crippen molar-refractivity contribution in [2.75, 3.05) is 6.61 Å². The number of aromatic nitrogens is 4. The Morgan fingerprint density at radius 1 is 1.33 bits per heavy atom. The molecule has 0 saturated carbocycles. The summed E-state index contributed by atoms with van der Waals surface area (Å²) in [7, 11) is 0. The van der Waals surface area contributed by atoms with E-state index in [1.807, 2.05) is 13.8 Å². The van der Waals surface area contributed by atoms with Gasteiger partial charge in [0.25, 0.3) is 5.89 Å². The van der Waals surface area contributed by atoms with E-state index in [-0.39, 0.29) is 6.10 Å². The Hall–Kier alpha value is -1.86. The maximum absolute atomic E-state index is 5.89. The number of hydrogen-bond acceptors (Lipinski definition) is 7. The van der Waals surface area contributed by atoms with E-state index >= 15 is 0 Å². The summed E-state index contributed by atoms with van der Waals surface area (Å²) < 4.78 is 10.5. The third-order valence-electron chi connectivity index (χ3n) is 2.19. The molecule has 2 aromatic rings. The summed E-state index contributed by atoms with van der Waals surface area (Å²) in [5.74, 6) is 0.764. The molecule has 1 atom stereocenters. The molecule has 7 nitrogen and oxygen atoms in total. The van der Waals surface area contributed by atoms with Crippen LogP contribution in [0.15, 0.2) is 23.2 Å². The Bertz CT molecular complexity index is 485. The van der Waals surface area contributed by atoms with Crippen LogP contribution < -0.4 is 5.73 Å². The van der Waals surface area contributed by atoms with E-state index in [4.69, 9.17) is 15.0 Å². The molecule has 2 aromatic heterocycles. The van der Waals surface area contributed by atoms with Crippen LogP contribution in [0.1, 0.15) is 25.7 Å². The fourth-order valence-corrected chi connectivity index (χ4v) is 1.28. The molecule has 0 amide bonds. The van der Waals surface area contributed by atoms with Crippen molar-refractivity contribution in [1.82, 2.24) is 20.1 Å². The molecule has 0 spiro atoms. The van der Waals surface area contributed by atoms with Crippen LogP contribution >= 0.6 is 0 Å². The number of hydrogen-bond donors (Lipinski definition) is 1. The summed E-state index contributed by atoms with van der Waals surface area (Å²) in [6.45, 7) is 4.23. The summed E-state index contributed by atoms with van der Waals surface area (Å²) in [6, 6.07) is -0.408. The van der Waals surface area contributed by atoms with Gasteiger partial charge in [0, 0.05) is 12.4 Å². The van der Waals surface area contributed by atoms with Gasteiger partial charge >= 0.3 is 0 Å². The van der Waals surface area contributed by atoms with E-state index in [2.05, 4.69) is 20.1 Å². The minimum Gasteiger partial charge on any atom is -0.377 e. The van der Waals surface area contributed by atoms with Crippen molar-refractivity contribution in [3.8, 4) is 11.5 Å². The molecule has 0 radical (unpaired) electrons. The molecule has 7 heteroatoms. The highest BCUT2D eigenvalue weighted by Crippen LogP contribution is 2.16. The molecule has 96 valence electrons. The standard InChI is InChI=1S/C11H15N5O2/c1-7(2)17-5-9(12)10-15-11(18-16-10)8-3-13-6-14-4-8/h3-4,6-7,9H,5,12H2,1-2H3. The normalized spacial score (nSPS) is 12.9. The Morgan fingerprint density at radius 3 is 2.72 bits per heavy atom. The van der Waals surface area contributed by atoms with Gasteiger partial charge in [0.1, 0.15) is 6.33 Å². The summed E-state index contributed by atoms with van der Waals surface area (Å²) >= 11 is 0. The maximum atomic E-state index is 5.89. The van der Waals surface area contributed by atoms with E-state index in [1.54, 1.807) is 12.4 Å². The zero-order valence-electron chi connectivity index (χ0n) is 10.3. The Kier molecular flexibility index (Phi) is 3.96. The monoisotopic (exact) mass is 249 g/mol. The van der Waals surface area contributed by atoms with Crippen LogP contribution in [0.3, 0.4) is 0 Å². The molecule has 1 unspecified atom stereocenters. The van der Waals surface area contributed by atoms with Crippen molar-refractivity contribution in [2.24, 2.45) is 5.73 Å². The van der Waals surface area contributed by atoms with Gasteiger partial charge in [0.15, 0.2) is 5.82 Å².